The van der Waals surface area contributed by atoms with Crippen LogP contribution >= 0.6 is 12.2 Å². The van der Waals surface area contributed by atoms with Crippen LogP contribution in [0.3, 0.4) is 0 Å². The van der Waals surface area contributed by atoms with Gasteiger partial charge in [0, 0.05) is 12.6 Å². The molecule has 0 saturated carbocycles. The molecule has 0 aliphatic carbocycles. The van der Waals surface area contributed by atoms with E-state index in [1.165, 1.54) is 24.3 Å². The van der Waals surface area contributed by atoms with E-state index in [1.54, 1.807) is 11.6 Å². The van der Waals surface area contributed by atoms with Gasteiger partial charge in [-0.2, -0.15) is 5.10 Å². The zero-order valence-corrected chi connectivity index (χ0v) is 12.9. The number of aromatic nitrogens is 3. The first kappa shape index (κ1) is 15.4. The molecule has 1 unspecified atom stereocenters. The molecular weight excluding hydrogens is 291 g/mol. The lowest BCUT2D eigenvalue weighted by Gasteiger charge is -2.21. The van der Waals surface area contributed by atoms with Gasteiger partial charge >= 0.3 is 0 Å². The third-order valence-corrected chi connectivity index (χ3v) is 3.62. The first-order valence-electron chi connectivity index (χ1n) is 6.58. The van der Waals surface area contributed by atoms with Crippen LogP contribution in [0.4, 0.5) is 4.39 Å². The molecule has 1 amide bonds. The Labute approximate surface area is 127 Å². The maximum Gasteiger partial charge on any atom is 0.251 e. The average molecular weight is 308 g/mol. The van der Waals surface area contributed by atoms with Crippen LogP contribution in [0.5, 0.6) is 0 Å². The number of nitrogens with one attached hydrogen (secondary N) is 2. The lowest BCUT2D eigenvalue weighted by atomic mass is 10.0. The highest BCUT2D eigenvalue weighted by molar-refractivity contribution is 7.71. The molecule has 1 aromatic carbocycles. The minimum Gasteiger partial charge on any atom is -0.342 e. The number of benzene rings is 1. The van der Waals surface area contributed by atoms with Crippen LogP contribution in [0.2, 0.25) is 0 Å². The Bertz CT molecular complexity index is 690. The number of carbonyl (C=O) groups excluding carboxylic acids is 1. The van der Waals surface area contributed by atoms with Crippen molar-refractivity contribution in [3.63, 3.8) is 0 Å². The lowest BCUT2D eigenvalue weighted by Crippen LogP contribution is -2.33. The molecule has 0 aliphatic rings. The van der Waals surface area contributed by atoms with E-state index in [-0.39, 0.29) is 23.7 Å². The number of amides is 1. The molecular formula is C14H17FN4OS. The van der Waals surface area contributed by atoms with E-state index in [0.717, 1.165) is 0 Å². The Morgan fingerprint density at radius 1 is 1.38 bits per heavy atom. The van der Waals surface area contributed by atoms with Gasteiger partial charge in [0.25, 0.3) is 5.91 Å². The molecule has 1 aromatic heterocycles. The molecule has 0 fully saturated rings. The number of aromatic amines is 1. The molecule has 0 bridgehead atoms. The van der Waals surface area contributed by atoms with Crippen LogP contribution in [-0.4, -0.2) is 20.7 Å². The first-order valence-corrected chi connectivity index (χ1v) is 6.98. The Balaban J connectivity index is 2.24. The predicted octanol–water partition coefficient (Wildman–Crippen LogP) is 2.74. The summed E-state index contributed by atoms with van der Waals surface area (Å²) in [5, 5.41) is 9.79. The predicted molar refractivity (Wildman–Crippen MR) is 79.8 cm³/mol. The first-order chi connectivity index (χ1) is 9.90. The summed E-state index contributed by atoms with van der Waals surface area (Å²) in [6.07, 6.45) is 0. The van der Waals surface area contributed by atoms with Crippen LogP contribution in [0.25, 0.3) is 0 Å². The van der Waals surface area contributed by atoms with E-state index < -0.39 is 0 Å². The minimum atomic E-state index is -0.374. The molecule has 2 aromatic rings. The summed E-state index contributed by atoms with van der Waals surface area (Å²) < 4.78 is 15.1. The quantitative estimate of drug-likeness (QED) is 0.854. The lowest BCUT2D eigenvalue weighted by molar-refractivity contribution is 0.0922. The molecule has 2 rings (SSSR count). The van der Waals surface area contributed by atoms with Crippen molar-refractivity contribution < 1.29 is 9.18 Å². The van der Waals surface area contributed by atoms with Crippen LogP contribution < -0.4 is 5.32 Å². The SMILES string of the molecule is CC(C)C(NC(=O)c1ccc(F)cc1)c1n[nH]c(=S)n1C. The summed E-state index contributed by atoms with van der Waals surface area (Å²) >= 11 is 5.09. The molecule has 0 radical (unpaired) electrons. The second-order valence-corrected chi connectivity index (χ2v) is 5.53. The second-order valence-electron chi connectivity index (χ2n) is 5.15. The molecule has 0 aliphatic heterocycles. The molecule has 21 heavy (non-hydrogen) atoms. The van der Waals surface area contributed by atoms with Crippen LogP contribution in [0.15, 0.2) is 24.3 Å². The van der Waals surface area contributed by atoms with Crippen molar-refractivity contribution in [2.45, 2.75) is 19.9 Å². The number of halogens is 1. The number of hydrogen-bond acceptors (Lipinski definition) is 3. The molecule has 0 spiro atoms. The van der Waals surface area contributed by atoms with E-state index in [2.05, 4.69) is 15.5 Å². The summed E-state index contributed by atoms with van der Waals surface area (Å²) in [5.74, 6) is 0.132. The van der Waals surface area contributed by atoms with Gasteiger partial charge in [-0.1, -0.05) is 13.8 Å². The molecule has 1 heterocycles. The largest absolute Gasteiger partial charge is 0.342 e. The van der Waals surface area contributed by atoms with Crippen molar-refractivity contribution in [3.05, 3.63) is 46.2 Å². The zero-order chi connectivity index (χ0) is 15.6. The summed E-state index contributed by atoms with van der Waals surface area (Å²) in [6, 6.07) is 5.13. The fraction of sp³-hybridized carbons (Fsp3) is 0.357. The van der Waals surface area contributed by atoms with Crippen LogP contribution in [-0.2, 0) is 7.05 Å². The molecule has 0 saturated heterocycles. The van der Waals surface area contributed by atoms with Gasteiger partial charge in [0.2, 0.25) is 0 Å². The summed E-state index contributed by atoms with van der Waals surface area (Å²) in [6.45, 7) is 3.96. The van der Waals surface area contributed by atoms with Crippen molar-refractivity contribution in [2.24, 2.45) is 13.0 Å². The fourth-order valence-corrected chi connectivity index (χ4v) is 2.13. The summed E-state index contributed by atoms with van der Waals surface area (Å²) in [7, 11) is 1.79. The zero-order valence-electron chi connectivity index (χ0n) is 12.1. The number of H-pyrrole nitrogens is 1. The highest BCUT2D eigenvalue weighted by atomic mass is 32.1. The van der Waals surface area contributed by atoms with E-state index >= 15 is 0 Å². The van der Waals surface area contributed by atoms with E-state index in [1.807, 2.05) is 13.8 Å². The second kappa shape index (κ2) is 6.17. The van der Waals surface area contributed by atoms with Gasteiger partial charge in [-0.25, -0.2) is 4.39 Å². The molecule has 1 atom stereocenters. The molecule has 5 nitrogen and oxygen atoms in total. The number of rotatable bonds is 4. The van der Waals surface area contributed by atoms with E-state index in [4.69, 9.17) is 12.2 Å². The normalized spacial score (nSPS) is 12.4. The smallest absolute Gasteiger partial charge is 0.251 e. The van der Waals surface area contributed by atoms with Crippen molar-refractivity contribution in [3.8, 4) is 0 Å². The van der Waals surface area contributed by atoms with E-state index in [9.17, 15) is 9.18 Å². The van der Waals surface area contributed by atoms with Gasteiger partial charge in [-0.05, 0) is 42.4 Å². The Kier molecular flexibility index (Phi) is 4.52. The van der Waals surface area contributed by atoms with Gasteiger partial charge in [-0.15, -0.1) is 0 Å². The number of hydrogen-bond donors (Lipinski definition) is 2. The van der Waals surface area contributed by atoms with Gasteiger partial charge in [0.1, 0.15) is 5.82 Å². The third kappa shape index (κ3) is 3.36. The third-order valence-electron chi connectivity index (χ3n) is 3.25. The van der Waals surface area contributed by atoms with Crippen molar-refractivity contribution in [2.75, 3.05) is 0 Å². The summed E-state index contributed by atoms with van der Waals surface area (Å²) in [4.78, 5) is 12.3. The van der Waals surface area contributed by atoms with Crippen molar-refractivity contribution >= 4 is 18.1 Å². The summed E-state index contributed by atoms with van der Waals surface area (Å²) in [5.41, 5.74) is 0.402. The Morgan fingerprint density at radius 3 is 2.48 bits per heavy atom. The van der Waals surface area contributed by atoms with Crippen LogP contribution in [0.1, 0.15) is 36.1 Å². The van der Waals surface area contributed by atoms with Gasteiger partial charge in [0.15, 0.2) is 10.6 Å². The monoisotopic (exact) mass is 308 g/mol. The Morgan fingerprint density at radius 2 is 2.00 bits per heavy atom. The fourth-order valence-electron chi connectivity index (χ4n) is 1.99. The highest BCUT2D eigenvalue weighted by Gasteiger charge is 2.23. The minimum absolute atomic E-state index is 0.123. The highest BCUT2D eigenvalue weighted by Crippen LogP contribution is 2.20. The van der Waals surface area contributed by atoms with Crippen LogP contribution in [0, 0.1) is 16.5 Å². The molecule has 7 heteroatoms. The Hall–Kier alpha value is -2.02. The van der Waals surface area contributed by atoms with Crippen molar-refractivity contribution in [1.82, 2.24) is 20.1 Å². The van der Waals surface area contributed by atoms with Gasteiger partial charge in [-0.3, -0.25) is 9.89 Å². The van der Waals surface area contributed by atoms with Gasteiger partial charge < -0.3 is 9.88 Å². The molecule has 112 valence electrons. The maximum absolute atomic E-state index is 12.9. The maximum atomic E-state index is 12.9. The topological polar surface area (TPSA) is 62.7 Å². The standard InChI is InChI=1S/C14H17FN4OS/c1-8(2)11(12-17-18-14(21)19(12)3)16-13(20)9-4-6-10(15)7-5-9/h4-8,11H,1-3H3,(H,16,20)(H,18,21). The van der Waals surface area contributed by atoms with Gasteiger partial charge in [0.05, 0.1) is 6.04 Å². The van der Waals surface area contributed by atoms with E-state index in [0.29, 0.717) is 16.2 Å². The van der Waals surface area contributed by atoms with Crippen molar-refractivity contribution in [1.29, 1.82) is 0 Å². The average Bonchev–Trinajstić information content (AvgIpc) is 2.76. The number of nitrogens with zero attached hydrogens (tertiary/aromatic N) is 2. The number of carbonyl (C=O) groups is 1. The molecule has 2 N–H and O–H groups in total.